The second-order valence-electron chi connectivity index (χ2n) is 8.08. The van der Waals surface area contributed by atoms with Gasteiger partial charge in [0.1, 0.15) is 17.5 Å². The van der Waals surface area contributed by atoms with Gasteiger partial charge in [-0.05, 0) is 37.1 Å². The molecule has 0 unspecified atom stereocenters. The van der Waals surface area contributed by atoms with Crippen molar-refractivity contribution in [1.29, 1.82) is 0 Å². The summed E-state index contributed by atoms with van der Waals surface area (Å²) >= 11 is 0. The smallest absolute Gasteiger partial charge is 0.293 e. The summed E-state index contributed by atoms with van der Waals surface area (Å²) in [5.41, 5.74) is 2.65. The van der Waals surface area contributed by atoms with Crippen molar-refractivity contribution in [2.45, 2.75) is 25.4 Å². The van der Waals surface area contributed by atoms with Crippen LogP contribution >= 0.6 is 0 Å². The van der Waals surface area contributed by atoms with Crippen LogP contribution in [0.15, 0.2) is 51.7 Å². The van der Waals surface area contributed by atoms with Crippen molar-refractivity contribution < 1.29 is 22.5 Å². The van der Waals surface area contributed by atoms with Gasteiger partial charge in [-0.3, -0.25) is 9.89 Å². The lowest BCUT2D eigenvalue weighted by atomic mass is 10.1. The first-order valence-electron chi connectivity index (χ1n) is 10.5. The van der Waals surface area contributed by atoms with Gasteiger partial charge in [0.25, 0.3) is 5.91 Å². The molecule has 34 heavy (non-hydrogen) atoms. The largest absolute Gasteiger partial charge is 0.431 e. The molecule has 9 nitrogen and oxygen atoms in total. The van der Waals surface area contributed by atoms with E-state index < -0.39 is 17.9 Å². The van der Waals surface area contributed by atoms with Crippen LogP contribution in [0.25, 0.3) is 33.7 Å². The van der Waals surface area contributed by atoms with Gasteiger partial charge in [0, 0.05) is 22.2 Å². The fourth-order valence-electron chi connectivity index (χ4n) is 3.69. The van der Waals surface area contributed by atoms with Crippen LogP contribution in [0.4, 0.5) is 14.5 Å². The SMILES string of the molecule is Cc1ccc(-c2noc([C@H]3C[C@@H]3F)n2)cc1NC(=O)c1cnc(-c2ccc(F)c3[nH]ncc23)o1. The Kier molecular flexibility index (Phi) is 4.51. The van der Waals surface area contributed by atoms with Gasteiger partial charge in [0.15, 0.2) is 0 Å². The van der Waals surface area contributed by atoms with E-state index in [0.29, 0.717) is 34.4 Å². The van der Waals surface area contributed by atoms with Crippen molar-refractivity contribution in [3.63, 3.8) is 0 Å². The summed E-state index contributed by atoms with van der Waals surface area (Å²) in [5, 5.41) is 13.7. The highest BCUT2D eigenvalue weighted by atomic mass is 19.1. The molecule has 170 valence electrons. The molecule has 2 aromatic carbocycles. The number of amides is 1. The first kappa shape index (κ1) is 20.2. The number of carbonyl (C=O) groups is 1. The molecule has 1 amide bonds. The van der Waals surface area contributed by atoms with E-state index in [2.05, 4.69) is 30.6 Å². The lowest BCUT2D eigenvalue weighted by molar-refractivity contribution is 0.0997. The summed E-state index contributed by atoms with van der Waals surface area (Å²) in [7, 11) is 0. The molecule has 0 aliphatic heterocycles. The molecule has 5 aromatic rings. The molecule has 6 rings (SSSR count). The summed E-state index contributed by atoms with van der Waals surface area (Å²) in [6, 6.07) is 8.08. The Labute approximate surface area is 190 Å². The van der Waals surface area contributed by atoms with Crippen LogP contribution in [0.3, 0.4) is 0 Å². The molecular weight excluding hydrogens is 446 g/mol. The maximum absolute atomic E-state index is 13.9. The van der Waals surface area contributed by atoms with E-state index in [1.165, 1.54) is 24.5 Å². The molecule has 2 atom stereocenters. The fraction of sp³-hybridized carbons (Fsp3) is 0.174. The Morgan fingerprint density at radius 2 is 2.09 bits per heavy atom. The zero-order valence-electron chi connectivity index (χ0n) is 17.7. The van der Waals surface area contributed by atoms with Crippen LogP contribution in [0, 0.1) is 12.7 Å². The molecule has 0 radical (unpaired) electrons. The third-order valence-electron chi connectivity index (χ3n) is 5.74. The number of rotatable bonds is 5. The number of H-pyrrole nitrogens is 1. The van der Waals surface area contributed by atoms with Crippen molar-refractivity contribution in [3.05, 3.63) is 65.8 Å². The molecular formula is C23H16F2N6O3. The summed E-state index contributed by atoms with van der Waals surface area (Å²) in [4.78, 5) is 21.3. The maximum atomic E-state index is 13.9. The van der Waals surface area contributed by atoms with Gasteiger partial charge in [-0.25, -0.2) is 13.8 Å². The highest BCUT2D eigenvalue weighted by Crippen LogP contribution is 2.43. The number of hydrogen-bond acceptors (Lipinski definition) is 7. The Hall–Kier alpha value is -4.41. The van der Waals surface area contributed by atoms with E-state index in [1.807, 2.05) is 6.92 Å². The van der Waals surface area contributed by atoms with Crippen molar-refractivity contribution in [3.8, 4) is 22.8 Å². The van der Waals surface area contributed by atoms with Crippen LogP contribution in [0.2, 0.25) is 0 Å². The molecule has 0 spiro atoms. The van der Waals surface area contributed by atoms with Gasteiger partial charge in [-0.2, -0.15) is 10.1 Å². The molecule has 0 bridgehead atoms. The number of nitrogens with zero attached hydrogens (tertiary/aromatic N) is 4. The van der Waals surface area contributed by atoms with Gasteiger partial charge >= 0.3 is 0 Å². The highest BCUT2D eigenvalue weighted by molar-refractivity contribution is 6.03. The predicted molar refractivity (Wildman–Crippen MR) is 116 cm³/mol. The van der Waals surface area contributed by atoms with Gasteiger partial charge in [0.2, 0.25) is 23.4 Å². The number of benzene rings is 2. The molecule has 1 saturated carbocycles. The van der Waals surface area contributed by atoms with Crippen molar-refractivity contribution in [2.75, 3.05) is 5.32 Å². The van der Waals surface area contributed by atoms with Crippen molar-refractivity contribution in [1.82, 2.24) is 25.3 Å². The molecule has 0 saturated heterocycles. The number of halogens is 2. The quantitative estimate of drug-likeness (QED) is 0.385. The lowest BCUT2D eigenvalue weighted by Gasteiger charge is -2.08. The van der Waals surface area contributed by atoms with Crippen LogP contribution < -0.4 is 5.32 Å². The number of nitrogens with one attached hydrogen (secondary N) is 2. The Morgan fingerprint density at radius 3 is 2.91 bits per heavy atom. The van der Waals surface area contributed by atoms with Crippen molar-refractivity contribution >= 4 is 22.5 Å². The van der Waals surface area contributed by atoms with Crippen molar-refractivity contribution in [2.24, 2.45) is 0 Å². The molecule has 1 aliphatic rings. The van der Waals surface area contributed by atoms with E-state index in [1.54, 1.807) is 18.2 Å². The summed E-state index contributed by atoms with van der Waals surface area (Å²) in [5.74, 6) is -0.584. The molecule has 3 aromatic heterocycles. The highest BCUT2D eigenvalue weighted by Gasteiger charge is 2.43. The first-order chi connectivity index (χ1) is 16.5. The van der Waals surface area contributed by atoms with Gasteiger partial charge < -0.3 is 14.3 Å². The van der Waals surface area contributed by atoms with Gasteiger partial charge in [-0.15, -0.1) is 0 Å². The fourth-order valence-corrected chi connectivity index (χ4v) is 3.69. The Morgan fingerprint density at radius 1 is 1.24 bits per heavy atom. The van der Waals surface area contributed by atoms with E-state index >= 15 is 0 Å². The average Bonchev–Trinajstić information content (AvgIpc) is 3.32. The van der Waals surface area contributed by atoms with Crippen LogP contribution in [0.5, 0.6) is 0 Å². The number of aromatic amines is 1. The predicted octanol–water partition coefficient (Wildman–Crippen LogP) is 4.79. The number of hydrogen-bond donors (Lipinski definition) is 2. The number of anilines is 1. The lowest BCUT2D eigenvalue weighted by Crippen LogP contribution is -2.12. The van der Waals surface area contributed by atoms with E-state index in [0.717, 1.165) is 5.56 Å². The molecule has 1 aliphatic carbocycles. The number of fused-ring (bicyclic) bond motifs is 1. The minimum atomic E-state index is -0.938. The number of carbonyl (C=O) groups excluding carboxylic acids is 1. The van der Waals surface area contributed by atoms with Crippen LogP contribution in [0.1, 0.15) is 34.3 Å². The molecule has 1 fully saturated rings. The number of alkyl halides is 1. The summed E-state index contributed by atoms with van der Waals surface area (Å²) < 4.78 is 38.0. The van der Waals surface area contributed by atoms with E-state index in [4.69, 9.17) is 8.94 Å². The van der Waals surface area contributed by atoms with E-state index in [-0.39, 0.29) is 29.0 Å². The normalized spacial score (nSPS) is 17.3. The third-order valence-corrected chi connectivity index (χ3v) is 5.74. The maximum Gasteiger partial charge on any atom is 0.293 e. The summed E-state index contributed by atoms with van der Waals surface area (Å²) in [6.45, 7) is 1.83. The van der Waals surface area contributed by atoms with Crippen LogP contribution in [-0.4, -0.2) is 37.4 Å². The zero-order valence-corrected chi connectivity index (χ0v) is 17.7. The van der Waals surface area contributed by atoms with Crippen LogP contribution in [-0.2, 0) is 0 Å². The monoisotopic (exact) mass is 462 g/mol. The standard InChI is InChI=1S/C23H16F2N6O3/c1-10-2-3-11(20-29-23(34-31-20)13-7-16(13)25)6-17(10)28-21(32)18-9-26-22(33-18)12-4-5-15(24)19-14(12)8-27-30-19/h2-6,8-9,13,16H,7H2,1H3,(H,27,30)(H,28,32)/t13-,16-/m0/s1. The molecule has 11 heteroatoms. The Balaban J connectivity index is 1.25. The van der Waals surface area contributed by atoms with E-state index in [9.17, 15) is 13.6 Å². The summed E-state index contributed by atoms with van der Waals surface area (Å²) in [6.07, 6.45) is 2.22. The second kappa shape index (κ2) is 7.58. The minimum Gasteiger partial charge on any atom is -0.431 e. The molecule has 3 heterocycles. The second-order valence-corrected chi connectivity index (χ2v) is 8.08. The molecule has 2 N–H and O–H groups in total. The number of oxazole rings is 1. The zero-order chi connectivity index (χ0) is 23.4. The number of aryl methyl sites for hydroxylation is 1. The van der Waals surface area contributed by atoms with Gasteiger partial charge in [-0.1, -0.05) is 17.3 Å². The average molecular weight is 462 g/mol. The third kappa shape index (κ3) is 3.41. The number of aromatic nitrogens is 5. The Bertz CT molecular complexity index is 1560. The van der Waals surface area contributed by atoms with Gasteiger partial charge in [0.05, 0.1) is 18.3 Å². The minimum absolute atomic E-state index is 0.0228. The first-order valence-corrected chi connectivity index (χ1v) is 10.5. The topological polar surface area (TPSA) is 123 Å².